The first-order chi connectivity index (χ1) is 10.2. The predicted octanol–water partition coefficient (Wildman–Crippen LogP) is 3.86. The van der Waals surface area contributed by atoms with Crippen molar-refractivity contribution in [2.45, 2.75) is 0 Å². The average molecular weight is 320 g/mol. The van der Waals surface area contributed by atoms with E-state index in [0.29, 0.717) is 15.8 Å². The maximum Gasteiger partial charge on any atom is 0.235 e. The van der Waals surface area contributed by atoms with Crippen molar-refractivity contribution in [3.63, 3.8) is 0 Å². The number of thiophene rings is 1. The zero-order chi connectivity index (χ0) is 14.4. The molecule has 0 bridgehead atoms. The Hall–Kier alpha value is -2.19. The molecule has 0 spiro atoms. The molecular weight excluding hydrogens is 314 g/mol. The minimum Gasteiger partial charge on any atom is -0.207 e. The van der Waals surface area contributed by atoms with E-state index in [-0.39, 0.29) is 5.56 Å². The standard InChI is InChI=1S/C13H6F2N4S2/c14-7-3-4-8(9(15)6-7)12-18-19-11(10-2-1-5-20-10)16-17-13(19)21-12/h1-6H. The summed E-state index contributed by atoms with van der Waals surface area (Å²) < 4.78 is 28.4. The Bertz CT molecular complexity index is 927. The Balaban J connectivity index is 1.88. The fourth-order valence-corrected chi connectivity index (χ4v) is 3.51. The fraction of sp³-hybridized carbons (Fsp3) is 0. The molecule has 4 rings (SSSR count). The molecule has 0 amide bonds. The quantitative estimate of drug-likeness (QED) is 0.563. The van der Waals surface area contributed by atoms with Gasteiger partial charge in [0.2, 0.25) is 4.96 Å². The molecule has 4 nitrogen and oxygen atoms in total. The SMILES string of the molecule is Fc1ccc(-c2nn3c(-c4cccs4)nnc3s2)c(F)c1. The summed E-state index contributed by atoms with van der Waals surface area (Å²) in [4.78, 5) is 1.50. The van der Waals surface area contributed by atoms with E-state index < -0.39 is 11.6 Å². The number of rotatable bonds is 2. The van der Waals surface area contributed by atoms with Crippen molar-refractivity contribution < 1.29 is 8.78 Å². The van der Waals surface area contributed by atoms with Gasteiger partial charge in [-0.15, -0.1) is 21.5 Å². The van der Waals surface area contributed by atoms with Crippen molar-refractivity contribution in [1.29, 1.82) is 0 Å². The maximum atomic E-state index is 13.8. The molecule has 4 aromatic rings. The Labute approximate surface area is 125 Å². The van der Waals surface area contributed by atoms with E-state index in [9.17, 15) is 8.78 Å². The molecular formula is C13H6F2N4S2. The first-order valence-corrected chi connectivity index (χ1v) is 7.63. The fourth-order valence-electron chi connectivity index (χ4n) is 1.95. The van der Waals surface area contributed by atoms with Crippen molar-refractivity contribution in [2.75, 3.05) is 0 Å². The van der Waals surface area contributed by atoms with Gasteiger partial charge in [-0.1, -0.05) is 17.4 Å². The van der Waals surface area contributed by atoms with Crippen LogP contribution >= 0.6 is 22.7 Å². The van der Waals surface area contributed by atoms with Crippen LogP contribution in [0.4, 0.5) is 8.78 Å². The van der Waals surface area contributed by atoms with Crippen molar-refractivity contribution in [1.82, 2.24) is 19.8 Å². The zero-order valence-corrected chi connectivity index (χ0v) is 12.0. The molecule has 104 valence electrons. The normalized spacial score (nSPS) is 11.3. The summed E-state index contributed by atoms with van der Waals surface area (Å²) in [5, 5.41) is 14.9. The molecule has 3 heterocycles. The summed E-state index contributed by atoms with van der Waals surface area (Å²) in [6, 6.07) is 7.26. The van der Waals surface area contributed by atoms with E-state index in [2.05, 4.69) is 15.3 Å². The zero-order valence-electron chi connectivity index (χ0n) is 10.3. The molecule has 21 heavy (non-hydrogen) atoms. The minimum absolute atomic E-state index is 0.254. The predicted molar refractivity (Wildman–Crippen MR) is 77.3 cm³/mol. The van der Waals surface area contributed by atoms with Gasteiger partial charge in [-0.2, -0.15) is 9.61 Å². The van der Waals surface area contributed by atoms with Crippen LogP contribution in [0.2, 0.25) is 0 Å². The molecule has 0 atom stereocenters. The van der Waals surface area contributed by atoms with Crippen LogP contribution < -0.4 is 0 Å². The van der Waals surface area contributed by atoms with Crippen molar-refractivity contribution >= 4 is 27.6 Å². The first kappa shape index (κ1) is 12.5. The highest BCUT2D eigenvalue weighted by molar-refractivity contribution is 7.19. The number of nitrogens with zero attached hydrogens (tertiary/aromatic N) is 4. The Morgan fingerprint density at radius 1 is 1.10 bits per heavy atom. The van der Waals surface area contributed by atoms with Crippen LogP contribution in [0.15, 0.2) is 35.7 Å². The summed E-state index contributed by atoms with van der Waals surface area (Å²) in [5.41, 5.74) is 0.254. The lowest BCUT2D eigenvalue weighted by Gasteiger charge is -1.97. The number of halogens is 2. The van der Waals surface area contributed by atoms with Crippen molar-refractivity contribution in [3.05, 3.63) is 47.3 Å². The van der Waals surface area contributed by atoms with Crippen LogP contribution in [-0.2, 0) is 0 Å². The van der Waals surface area contributed by atoms with E-state index in [0.717, 1.165) is 10.9 Å². The molecule has 0 unspecified atom stereocenters. The van der Waals surface area contributed by atoms with Crippen molar-refractivity contribution in [2.24, 2.45) is 0 Å². The van der Waals surface area contributed by atoms with Gasteiger partial charge in [0, 0.05) is 11.6 Å². The van der Waals surface area contributed by atoms with Crippen LogP contribution in [0.1, 0.15) is 0 Å². The summed E-state index contributed by atoms with van der Waals surface area (Å²) >= 11 is 2.73. The number of aromatic nitrogens is 4. The van der Waals surface area contributed by atoms with Gasteiger partial charge in [0.15, 0.2) is 10.8 Å². The van der Waals surface area contributed by atoms with Gasteiger partial charge >= 0.3 is 0 Å². The second-order valence-corrected chi connectivity index (χ2v) is 6.13. The monoisotopic (exact) mass is 320 g/mol. The summed E-state index contributed by atoms with van der Waals surface area (Å²) in [7, 11) is 0. The minimum atomic E-state index is -0.641. The van der Waals surface area contributed by atoms with Gasteiger partial charge in [0.1, 0.15) is 11.6 Å². The highest BCUT2D eigenvalue weighted by Crippen LogP contribution is 2.31. The smallest absolute Gasteiger partial charge is 0.207 e. The Morgan fingerprint density at radius 3 is 2.76 bits per heavy atom. The molecule has 0 aliphatic carbocycles. The van der Waals surface area contributed by atoms with Gasteiger partial charge in [-0.05, 0) is 23.6 Å². The molecule has 0 saturated heterocycles. The Morgan fingerprint density at radius 2 is 2.00 bits per heavy atom. The van der Waals surface area contributed by atoms with E-state index in [1.807, 2.05) is 17.5 Å². The second-order valence-electron chi connectivity index (χ2n) is 4.23. The molecule has 0 N–H and O–H groups in total. The highest BCUT2D eigenvalue weighted by Gasteiger charge is 2.17. The number of hydrogen-bond acceptors (Lipinski definition) is 5. The van der Waals surface area contributed by atoms with E-state index in [1.54, 1.807) is 4.52 Å². The molecule has 3 aromatic heterocycles. The largest absolute Gasteiger partial charge is 0.235 e. The lowest BCUT2D eigenvalue weighted by molar-refractivity contribution is 0.585. The molecule has 0 radical (unpaired) electrons. The Kier molecular flexibility index (Phi) is 2.79. The highest BCUT2D eigenvalue weighted by atomic mass is 32.1. The van der Waals surface area contributed by atoms with Gasteiger partial charge in [-0.3, -0.25) is 0 Å². The lowest BCUT2D eigenvalue weighted by Crippen LogP contribution is -1.91. The van der Waals surface area contributed by atoms with Crippen LogP contribution in [0.3, 0.4) is 0 Å². The third kappa shape index (κ3) is 2.03. The van der Waals surface area contributed by atoms with Crippen molar-refractivity contribution in [3.8, 4) is 21.3 Å². The average Bonchev–Trinajstić information content (AvgIpc) is 3.13. The van der Waals surface area contributed by atoms with Gasteiger partial charge in [0.25, 0.3) is 0 Å². The summed E-state index contributed by atoms with van der Waals surface area (Å²) in [6.45, 7) is 0. The third-order valence-corrected chi connectivity index (χ3v) is 4.69. The van der Waals surface area contributed by atoms with Gasteiger partial charge in [0.05, 0.1) is 4.88 Å². The van der Waals surface area contributed by atoms with E-state index in [4.69, 9.17) is 0 Å². The van der Waals surface area contributed by atoms with Gasteiger partial charge < -0.3 is 0 Å². The lowest BCUT2D eigenvalue weighted by atomic mass is 10.2. The van der Waals surface area contributed by atoms with E-state index >= 15 is 0 Å². The van der Waals surface area contributed by atoms with Crippen LogP contribution in [0.5, 0.6) is 0 Å². The van der Waals surface area contributed by atoms with Crippen LogP contribution in [0, 0.1) is 11.6 Å². The molecule has 0 aliphatic heterocycles. The van der Waals surface area contributed by atoms with Crippen LogP contribution in [-0.4, -0.2) is 19.8 Å². The maximum absolute atomic E-state index is 13.8. The molecule has 0 aliphatic rings. The second kappa shape index (κ2) is 4.68. The topological polar surface area (TPSA) is 43.1 Å². The molecule has 0 fully saturated rings. The summed E-state index contributed by atoms with van der Waals surface area (Å²) in [5.74, 6) is -0.638. The number of fused-ring (bicyclic) bond motifs is 1. The number of benzene rings is 1. The molecule has 8 heteroatoms. The molecule has 0 saturated carbocycles. The molecule has 1 aromatic carbocycles. The number of hydrogen-bond donors (Lipinski definition) is 0. The summed E-state index contributed by atoms with van der Waals surface area (Å²) in [6.07, 6.45) is 0. The third-order valence-electron chi connectivity index (χ3n) is 2.89. The first-order valence-electron chi connectivity index (χ1n) is 5.94. The van der Waals surface area contributed by atoms with Crippen LogP contribution in [0.25, 0.3) is 26.2 Å². The van der Waals surface area contributed by atoms with E-state index in [1.165, 1.54) is 34.8 Å². The van der Waals surface area contributed by atoms with Gasteiger partial charge in [-0.25, -0.2) is 8.78 Å².